The molecule has 1 saturated heterocycles. The van der Waals surface area contributed by atoms with E-state index in [0.29, 0.717) is 22.0 Å². The van der Waals surface area contributed by atoms with Crippen LogP contribution in [-0.2, 0) is 14.4 Å². The van der Waals surface area contributed by atoms with Gasteiger partial charge in [0.15, 0.2) is 0 Å². The number of amides is 3. The molecule has 1 fully saturated rings. The van der Waals surface area contributed by atoms with Crippen molar-refractivity contribution in [1.82, 2.24) is 10.2 Å². The zero-order valence-corrected chi connectivity index (χ0v) is 14.8. The van der Waals surface area contributed by atoms with Crippen LogP contribution in [0.15, 0.2) is 54.6 Å². The van der Waals surface area contributed by atoms with Gasteiger partial charge in [0, 0.05) is 12.0 Å². The summed E-state index contributed by atoms with van der Waals surface area (Å²) in [7, 11) is 0. The number of nitrogens with one attached hydrogen (secondary N) is 1. The van der Waals surface area contributed by atoms with Gasteiger partial charge in [-0.2, -0.15) is 0 Å². The van der Waals surface area contributed by atoms with Crippen LogP contribution in [-0.4, -0.2) is 46.3 Å². The standard InChI is InChI=1S/C20H18N2O6/c23-17-11-10-16(20(26)27)22(17)18(24)12-21-19(25)13-6-8-15(9-7-13)28-14-4-2-1-3-5-14/h1-9,16H,10-12H2,(H,21,25)(H,26,27). The van der Waals surface area contributed by atoms with Gasteiger partial charge in [0.05, 0.1) is 6.54 Å². The van der Waals surface area contributed by atoms with E-state index in [0.717, 1.165) is 0 Å². The fourth-order valence-electron chi connectivity index (χ4n) is 2.87. The Morgan fingerprint density at radius 1 is 1.04 bits per heavy atom. The Labute approximate surface area is 160 Å². The molecule has 0 bridgehead atoms. The van der Waals surface area contributed by atoms with Crippen LogP contribution in [0, 0.1) is 0 Å². The monoisotopic (exact) mass is 382 g/mol. The largest absolute Gasteiger partial charge is 0.480 e. The van der Waals surface area contributed by atoms with E-state index in [2.05, 4.69) is 5.32 Å². The number of carboxylic acid groups (broad SMARTS) is 1. The third-order valence-electron chi connectivity index (χ3n) is 4.26. The van der Waals surface area contributed by atoms with E-state index in [1.165, 1.54) is 0 Å². The second-order valence-corrected chi connectivity index (χ2v) is 6.17. The van der Waals surface area contributed by atoms with Crippen molar-refractivity contribution >= 4 is 23.7 Å². The van der Waals surface area contributed by atoms with Crippen molar-refractivity contribution < 1.29 is 29.0 Å². The van der Waals surface area contributed by atoms with Crippen LogP contribution in [0.5, 0.6) is 11.5 Å². The fraction of sp³-hybridized carbons (Fsp3) is 0.200. The van der Waals surface area contributed by atoms with Gasteiger partial charge in [0.1, 0.15) is 17.5 Å². The van der Waals surface area contributed by atoms with Gasteiger partial charge in [-0.3, -0.25) is 19.3 Å². The highest BCUT2D eigenvalue weighted by molar-refractivity contribution is 6.04. The van der Waals surface area contributed by atoms with Crippen LogP contribution >= 0.6 is 0 Å². The first-order valence-electron chi connectivity index (χ1n) is 8.64. The van der Waals surface area contributed by atoms with Gasteiger partial charge < -0.3 is 15.2 Å². The van der Waals surface area contributed by atoms with Crippen molar-refractivity contribution in [3.63, 3.8) is 0 Å². The molecule has 144 valence electrons. The summed E-state index contributed by atoms with van der Waals surface area (Å²) in [5, 5.41) is 11.5. The van der Waals surface area contributed by atoms with Crippen molar-refractivity contribution in [3.8, 4) is 11.5 Å². The van der Waals surface area contributed by atoms with E-state index in [-0.39, 0.29) is 12.8 Å². The minimum absolute atomic E-state index is 0.000467. The topological polar surface area (TPSA) is 113 Å². The number of carbonyl (C=O) groups excluding carboxylic acids is 3. The van der Waals surface area contributed by atoms with Crippen LogP contribution in [0.25, 0.3) is 0 Å². The number of aliphatic carboxylic acids is 1. The number of imide groups is 1. The summed E-state index contributed by atoms with van der Waals surface area (Å²) < 4.78 is 5.64. The Balaban J connectivity index is 1.56. The maximum Gasteiger partial charge on any atom is 0.326 e. The average Bonchev–Trinajstić information content (AvgIpc) is 3.09. The molecule has 0 aromatic heterocycles. The van der Waals surface area contributed by atoms with Gasteiger partial charge in [-0.05, 0) is 42.8 Å². The lowest BCUT2D eigenvalue weighted by atomic mass is 10.2. The van der Waals surface area contributed by atoms with E-state index in [4.69, 9.17) is 9.84 Å². The predicted molar refractivity (Wildman–Crippen MR) is 97.8 cm³/mol. The second-order valence-electron chi connectivity index (χ2n) is 6.17. The zero-order chi connectivity index (χ0) is 20.1. The number of hydrogen-bond donors (Lipinski definition) is 2. The minimum Gasteiger partial charge on any atom is -0.480 e. The second kappa shape index (κ2) is 8.34. The van der Waals surface area contributed by atoms with Gasteiger partial charge in [-0.15, -0.1) is 0 Å². The summed E-state index contributed by atoms with van der Waals surface area (Å²) in [4.78, 5) is 48.0. The first-order valence-corrected chi connectivity index (χ1v) is 8.64. The molecule has 1 aliphatic heterocycles. The van der Waals surface area contributed by atoms with Crippen molar-refractivity contribution in [2.75, 3.05) is 6.54 Å². The Kier molecular flexibility index (Phi) is 5.69. The normalized spacial score (nSPS) is 15.9. The lowest BCUT2D eigenvalue weighted by Crippen LogP contribution is -2.47. The molecule has 0 spiro atoms. The maximum absolute atomic E-state index is 12.2. The first-order chi connectivity index (χ1) is 13.5. The number of hydrogen-bond acceptors (Lipinski definition) is 5. The highest BCUT2D eigenvalue weighted by atomic mass is 16.5. The zero-order valence-electron chi connectivity index (χ0n) is 14.8. The number of likely N-dealkylation sites (tertiary alicyclic amines) is 1. The summed E-state index contributed by atoms with van der Waals surface area (Å²) in [6.45, 7) is -0.462. The molecule has 8 nitrogen and oxygen atoms in total. The minimum atomic E-state index is -1.24. The summed E-state index contributed by atoms with van der Waals surface area (Å²) in [5.41, 5.74) is 0.302. The quantitative estimate of drug-likeness (QED) is 0.788. The molecule has 2 aromatic carbocycles. The van der Waals surface area contributed by atoms with Gasteiger partial charge in [-0.1, -0.05) is 18.2 Å². The number of carboxylic acids is 1. The average molecular weight is 382 g/mol. The number of carbonyl (C=O) groups is 4. The van der Waals surface area contributed by atoms with Crippen molar-refractivity contribution in [2.45, 2.75) is 18.9 Å². The Morgan fingerprint density at radius 2 is 1.68 bits per heavy atom. The Hall–Kier alpha value is -3.68. The van der Waals surface area contributed by atoms with Crippen molar-refractivity contribution in [1.29, 1.82) is 0 Å². The Morgan fingerprint density at radius 3 is 2.32 bits per heavy atom. The molecular formula is C20H18N2O6. The van der Waals surface area contributed by atoms with E-state index in [1.54, 1.807) is 36.4 Å². The molecule has 1 unspecified atom stereocenters. The molecule has 0 aliphatic carbocycles. The van der Waals surface area contributed by atoms with E-state index in [1.807, 2.05) is 18.2 Å². The molecule has 3 rings (SSSR count). The fourth-order valence-corrected chi connectivity index (χ4v) is 2.87. The predicted octanol–water partition coefficient (Wildman–Crippen LogP) is 1.81. The molecule has 28 heavy (non-hydrogen) atoms. The van der Waals surface area contributed by atoms with Crippen molar-refractivity contribution in [2.24, 2.45) is 0 Å². The van der Waals surface area contributed by atoms with Crippen LogP contribution in [0.1, 0.15) is 23.2 Å². The molecule has 1 heterocycles. The van der Waals surface area contributed by atoms with E-state index in [9.17, 15) is 19.2 Å². The van der Waals surface area contributed by atoms with Crippen LogP contribution in [0.3, 0.4) is 0 Å². The lowest BCUT2D eigenvalue weighted by Gasteiger charge is -2.19. The third-order valence-corrected chi connectivity index (χ3v) is 4.26. The summed E-state index contributed by atoms with van der Waals surface area (Å²) in [6, 6.07) is 14.3. The number of nitrogens with zero attached hydrogens (tertiary/aromatic N) is 1. The molecule has 8 heteroatoms. The number of rotatable bonds is 6. The van der Waals surface area contributed by atoms with Gasteiger partial charge in [0.2, 0.25) is 11.8 Å². The SMILES string of the molecule is O=C(NCC(=O)N1C(=O)CCC1C(=O)O)c1ccc(Oc2ccccc2)cc1. The van der Waals surface area contributed by atoms with Gasteiger partial charge >= 0.3 is 5.97 Å². The van der Waals surface area contributed by atoms with Crippen molar-refractivity contribution in [3.05, 3.63) is 60.2 Å². The van der Waals surface area contributed by atoms with Gasteiger partial charge in [-0.25, -0.2) is 4.79 Å². The lowest BCUT2D eigenvalue weighted by molar-refractivity contribution is -0.153. The van der Waals surface area contributed by atoms with Gasteiger partial charge in [0.25, 0.3) is 5.91 Å². The smallest absolute Gasteiger partial charge is 0.326 e. The van der Waals surface area contributed by atoms with E-state index >= 15 is 0 Å². The number of benzene rings is 2. The summed E-state index contributed by atoms with van der Waals surface area (Å²) in [6.07, 6.45) is 0.0796. The molecular weight excluding hydrogens is 364 g/mol. The highest BCUT2D eigenvalue weighted by Gasteiger charge is 2.40. The molecule has 2 aromatic rings. The summed E-state index contributed by atoms with van der Waals surface area (Å²) in [5.74, 6) is -1.83. The van der Waals surface area contributed by atoms with Crippen LogP contribution in [0.4, 0.5) is 0 Å². The van der Waals surface area contributed by atoms with Crippen LogP contribution in [0.2, 0.25) is 0 Å². The Bertz CT molecular complexity index is 895. The molecule has 2 N–H and O–H groups in total. The molecule has 0 saturated carbocycles. The van der Waals surface area contributed by atoms with E-state index < -0.39 is 36.3 Å². The molecule has 1 aliphatic rings. The highest BCUT2D eigenvalue weighted by Crippen LogP contribution is 2.21. The maximum atomic E-state index is 12.2. The molecule has 3 amide bonds. The number of ether oxygens (including phenoxy) is 1. The first kappa shape index (κ1) is 19.1. The summed E-state index contributed by atoms with van der Waals surface area (Å²) >= 11 is 0. The molecule has 0 radical (unpaired) electrons. The van der Waals surface area contributed by atoms with Crippen LogP contribution < -0.4 is 10.1 Å². The third kappa shape index (κ3) is 4.35. The molecule has 1 atom stereocenters. The number of para-hydroxylation sites is 1.